The van der Waals surface area contributed by atoms with Crippen molar-refractivity contribution in [2.24, 2.45) is 5.92 Å². The van der Waals surface area contributed by atoms with E-state index in [2.05, 4.69) is 20.5 Å². The second-order valence-corrected chi connectivity index (χ2v) is 10.6. The summed E-state index contributed by atoms with van der Waals surface area (Å²) in [6, 6.07) is 10.5. The van der Waals surface area contributed by atoms with Gasteiger partial charge in [0.15, 0.2) is 0 Å². The van der Waals surface area contributed by atoms with E-state index in [1.165, 1.54) is 0 Å². The monoisotopic (exact) mass is 471 g/mol. The third-order valence-electron chi connectivity index (χ3n) is 6.64. The molecule has 1 amide bonds. The van der Waals surface area contributed by atoms with E-state index in [1.54, 1.807) is 11.8 Å². The molecule has 1 aliphatic carbocycles. The Kier molecular flexibility index (Phi) is 8.03. The molecule has 0 radical (unpaired) electrons. The van der Waals surface area contributed by atoms with Gasteiger partial charge >= 0.3 is 5.97 Å². The lowest BCUT2D eigenvalue weighted by Crippen LogP contribution is -2.41. The predicted molar refractivity (Wildman–Crippen MR) is 127 cm³/mol. The minimum atomic E-state index is -0.708. The first kappa shape index (κ1) is 23.8. The first-order valence-corrected chi connectivity index (χ1v) is 12.7. The van der Waals surface area contributed by atoms with E-state index in [9.17, 15) is 14.7 Å². The zero-order valence-corrected chi connectivity index (χ0v) is 19.9. The van der Waals surface area contributed by atoms with Crippen molar-refractivity contribution in [3.8, 4) is 0 Å². The molecule has 2 N–H and O–H groups in total. The molecule has 4 rings (SSSR count). The van der Waals surface area contributed by atoms with Crippen molar-refractivity contribution in [1.82, 2.24) is 25.2 Å². The number of aromatic nitrogens is 3. The summed E-state index contributed by atoms with van der Waals surface area (Å²) in [4.78, 5) is 27.2. The number of benzene rings is 1. The first-order valence-electron chi connectivity index (χ1n) is 11.9. The average molecular weight is 472 g/mol. The van der Waals surface area contributed by atoms with Gasteiger partial charge in [-0.1, -0.05) is 23.4 Å². The number of carboxylic acids is 1. The number of nitrogens with zero attached hydrogens (tertiary/aromatic N) is 4. The fraction of sp³-hybridized carbons (Fsp3) is 0.583. The van der Waals surface area contributed by atoms with Gasteiger partial charge in [0.25, 0.3) is 0 Å². The van der Waals surface area contributed by atoms with Crippen molar-refractivity contribution in [3.05, 3.63) is 42.2 Å². The second kappa shape index (κ2) is 11.2. The number of thioether (sulfide) groups is 1. The van der Waals surface area contributed by atoms with Gasteiger partial charge in [-0.05, 0) is 64.1 Å². The van der Waals surface area contributed by atoms with Crippen LogP contribution in [0.15, 0.2) is 41.4 Å². The largest absolute Gasteiger partial charge is 0.481 e. The van der Waals surface area contributed by atoms with Gasteiger partial charge in [-0.3, -0.25) is 14.5 Å². The molecule has 2 aromatic rings. The average Bonchev–Trinajstić information content (AvgIpc) is 3.28. The van der Waals surface area contributed by atoms with Gasteiger partial charge in [0.1, 0.15) is 0 Å². The van der Waals surface area contributed by atoms with Crippen LogP contribution in [0, 0.1) is 5.92 Å². The number of carboxylic acid groups (broad SMARTS) is 1. The summed E-state index contributed by atoms with van der Waals surface area (Å²) in [5.74, 6) is -0.898. The Bertz CT molecular complexity index is 929. The van der Waals surface area contributed by atoms with Crippen molar-refractivity contribution in [1.29, 1.82) is 0 Å². The van der Waals surface area contributed by atoms with Crippen LogP contribution in [-0.4, -0.2) is 61.3 Å². The molecule has 178 valence electrons. The van der Waals surface area contributed by atoms with Crippen LogP contribution < -0.4 is 5.32 Å². The summed E-state index contributed by atoms with van der Waals surface area (Å²) in [5, 5.41) is 21.1. The van der Waals surface area contributed by atoms with E-state index in [-0.39, 0.29) is 23.1 Å². The number of nitrogens with one attached hydrogen (secondary N) is 1. The molecule has 0 spiro atoms. The number of hydrogen-bond acceptors (Lipinski definition) is 6. The van der Waals surface area contributed by atoms with Crippen molar-refractivity contribution < 1.29 is 14.7 Å². The molecule has 1 saturated heterocycles. The Morgan fingerprint density at radius 2 is 1.94 bits per heavy atom. The van der Waals surface area contributed by atoms with Gasteiger partial charge in [0.05, 0.1) is 29.1 Å². The zero-order chi connectivity index (χ0) is 23.2. The van der Waals surface area contributed by atoms with Crippen molar-refractivity contribution in [3.63, 3.8) is 0 Å². The Labute approximate surface area is 199 Å². The Morgan fingerprint density at radius 1 is 1.18 bits per heavy atom. The maximum absolute atomic E-state index is 12.6. The van der Waals surface area contributed by atoms with Crippen LogP contribution in [0.5, 0.6) is 0 Å². The van der Waals surface area contributed by atoms with Crippen LogP contribution in [0.4, 0.5) is 0 Å². The smallest absolute Gasteiger partial charge is 0.307 e. The minimum absolute atomic E-state index is 0.0940. The molecule has 1 aromatic heterocycles. The Balaban J connectivity index is 1.22. The van der Waals surface area contributed by atoms with E-state index in [0.29, 0.717) is 19.1 Å². The van der Waals surface area contributed by atoms with Crippen LogP contribution in [0.3, 0.4) is 0 Å². The van der Waals surface area contributed by atoms with Gasteiger partial charge in [0, 0.05) is 24.0 Å². The molecule has 1 aromatic carbocycles. The molecule has 1 aliphatic heterocycles. The summed E-state index contributed by atoms with van der Waals surface area (Å²) in [7, 11) is 0. The van der Waals surface area contributed by atoms with Crippen LogP contribution in [0.1, 0.15) is 57.2 Å². The number of amides is 1. The molecule has 2 unspecified atom stereocenters. The van der Waals surface area contributed by atoms with E-state index >= 15 is 0 Å². The van der Waals surface area contributed by atoms with Gasteiger partial charge in [-0.2, -0.15) is 0 Å². The van der Waals surface area contributed by atoms with Gasteiger partial charge in [0.2, 0.25) is 5.91 Å². The highest BCUT2D eigenvalue weighted by molar-refractivity contribution is 8.00. The van der Waals surface area contributed by atoms with Crippen LogP contribution in [0.2, 0.25) is 0 Å². The van der Waals surface area contributed by atoms with Crippen molar-refractivity contribution >= 4 is 23.6 Å². The molecule has 8 nitrogen and oxygen atoms in total. The number of carbonyl (C=O) groups excluding carboxylic acids is 1. The summed E-state index contributed by atoms with van der Waals surface area (Å²) in [5.41, 5.74) is 0.892. The van der Waals surface area contributed by atoms with E-state index in [1.807, 2.05) is 48.1 Å². The van der Waals surface area contributed by atoms with E-state index in [0.717, 1.165) is 55.7 Å². The summed E-state index contributed by atoms with van der Waals surface area (Å²) in [6.45, 7) is 4.08. The SMILES string of the molecule is CC(Sc1ccccc1)C(=O)NC1CCC(n2cc(CN3CCCC(C(=O)O)C3)nn2)CC1. The number of rotatable bonds is 8. The molecule has 2 aliphatic rings. The lowest BCUT2D eigenvalue weighted by Gasteiger charge is -2.30. The highest BCUT2D eigenvalue weighted by Crippen LogP contribution is 2.29. The summed E-state index contributed by atoms with van der Waals surface area (Å²) in [6.07, 6.45) is 7.44. The Hall–Kier alpha value is -2.39. The number of carbonyl (C=O) groups is 2. The molecule has 1 saturated carbocycles. The maximum Gasteiger partial charge on any atom is 0.307 e. The second-order valence-electron chi connectivity index (χ2n) is 9.19. The Morgan fingerprint density at radius 3 is 2.67 bits per heavy atom. The van der Waals surface area contributed by atoms with Gasteiger partial charge in [-0.25, -0.2) is 4.68 Å². The molecular weight excluding hydrogens is 438 g/mol. The quantitative estimate of drug-likeness (QED) is 0.570. The van der Waals surface area contributed by atoms with Crippen LogP contribution in [0.25, 0.3) is 0 Å². The predicted octanol–water partition coefficient (Wildman–Crippen LogP) is 3.36. The number of hydrogen-bond donors (Lipinski definition) is 2. The molecule has 0 bridgehead atoms. The fourth-order valence-electron chi connectivity index (χ4n) is 4.75. The minimum Gasteiger partial charge on any atom is -0.481 e. The zero-order valence-electron chi connectivity index (χ0n) is 19.1. The summed E-state index contributed by atoms with van der Waals surface area (Å²) < 4.78 is 1.96. The molecule has 33 heavy (non-hydrogen) atoms. The van der Waals surface area contributed by atoms with Crippen LogP contribution >= 0.6 is 11.8 Å². The lowest BCUT2D eigenvalue weighted by molar-refractivity contribution is -0.143. The van der Waals surface area contributed by atoms with E-state index in [4.69, 9.17) is 0 Å². The molecular formula is C24H33N5O3S. The van der Waals surface area contributed by atoms with Gasteiger partial charge in [-0.15, -0.1) is 16.9 Å². The lowest BCUT2D eigenvalue weighted by atomic mass is 9.91. The highest BCUT2D eigenvalue weighted by atomic mass is 32.2. The van der Waals surface area contributed by atoms with Gasteiger partial charge < -0.3 is 10.4 Å². The molecule has 2 atom stereocenters. The third-order valence-corrected chi connectivity index (χ3v) is 7.75. The van der Waals surface area contributed by atoms with E-state index < -0.39 is 5.97 Å². The molecule has 2 heterocycles. The maximum atomic E-state index is 12.6. The first-order chi connectivity index (χ1) is 16.0. The number of aliphatic carboxylic acids is 1. The standard InChI is InChI=1S/C24H33N5O3S/c1-17(33-22-7-3-2-4-8-22)23(30)25-19-9-11-21(12-10-19)29-16-20(26-27-29)15-28-13-5-6-18(14-28)24(31)32/h2-4,7-8,16-19,21H,5-6,9-15H2,1H3,(H,25,30)(H,31,32). The third kappa shape index (κ3) is 6.57. The van der Waals surface area contributed by atoms with Crippen molar-refractivity contribution in [2.45, 2.75) is 74.2 Å². The molecule has 9 heteroatoms. The fourth-order valence-corrected chi connectivity index (χ4v) is 5.65. The normalized spacial score (nSPS) is 24.8. The molecule has 2 fully saturated rings. The number of likely N-dealkylation sites (tertiary alicyclic amines) is 1. The highest BCUT2D eigenvalue weighted by Gasteiger charge is 2.28. The number of piperidine rings is 1. The van der Waals surface area contributed by atoms with Crippen LogP contribution in [-0.2, 0) is 16.1 Å². The topological polar surface area (TPSA) is 100 Å². The van der Waals surface area contributed by atoms with Crippen molar-refractivity contribution in [2.75, 3.05) is 13.1 Å². The summed E-state index contributed by atoms with van der Waals surface area (Å²) >= 11 is 1.59.